The predicted octanol–water partition coefficient (Wildman–Crippen LogP) is 7.54. The van der Waals surface area contributed by atoms with Crippen molar-refractivity contribution in [1.29, 1.82) is 0 Å². The lowest BCUT2D eigenvalue weighted by Gasteiger charge is -2.39. The highest BCUT2D eigenvalue weighted by Gasteiger charge is 2.36. The van der Waals surface area contributed by atoms with Gasteiger partial charge in [-0.15, -0.1) is 0 Å². The summed E-state index contributed by atoms with van der Waals surface area (Å²) >= 11 is 6.28. The van der Waals surface area contributed by atoms with Crippen LogP contribution in [0.15, 0.2) is 55.1 Å². The Balaban J connectivity index is 1.80. The standard InChI is InChI=1S/C26H23ClFNO/c1-14-11-16(5-8-20(14)27)25-24-18(19-12-17(28)6-10-22(19)30-25)7-9-21-23(24)15(2)13-26(3,4)29-21/h5-12,25,29H,2,13H2,1,3-4H3. The molecule has 30 heavy (non-hydrogen) atoms. The van der Waals surface area contributed by atoms with Crippen molar-refractivity contribution in [2.75, 3.05) is 5.32 Å². The summed E-state index contributed by atoms with van der Waals surface area (Å²) in [6, 6.07) is 14.8. The normalized spacial score (nSPS) is 18.6. The molecule has 0 saturated heterocycles. The number of benzene rings is 3. The fraction of sp³-hybridized carbons (Fsp3) is 0.231. The van der Waals surface area contributed by atoms with Gasteiger partial charge in [0.15, 0.2) is 6.10 Å². The molecule has 0 aliphatic carbocycles. The number of hydrogen-bond acceptors (Lipinski definition) is 2. The maximum atomic E-state index is 14.1. The van der Waals surface area contributed by atoms with Crippen LogP contribution in [0.3, 0.4) is 0 Å². The van der Waals surface area contributed by atoms with Crippen LogP contribution in [0.25, 0.3) is 16.7 Å². The monoisotopic (exact) mass is 419 g/mol. The van der Waals surface area contributed by atoms with E-state index in [1.807, 2.05) is 19.1 Å². The molecule has 0 spiro atoms. The van der Waals surface area contributed by atoms with Crippen molar-refractivity contribution < 1.29 is 9.13 Å². The summed E-state index contributed by atoms with van der Waals surface area (Å²) in [4.78, 5) is 0. The summed E-state index contributed by atoms with van der Waals surface area (Å²) in [7, 11) is 0. The molecule has 4 heteroatoms. The highest BCUT2D eigenvalue weighted by molar-refractivity contribution is 6.31. The molecule has 152 valence electrons. The lowest BCUT2D eigenvalue weighted by molar-refractivity contribution is 0.242. The van der Waals surface area contributed by atoms with E-state index in [1.165, 1.54) is 6.07 Å². The van der Waals surface area contributed by atoms with Crippen LogP contribution in [0.2, 0.25) is 5.02 Å². The molecule has 3 aromatic rings. The fourth-order valence-electron chi connectivity index (χ4n) is 4.71. The molecule has 0 fully saturated rings. The van der Waals surface area contributed by atoms with Crippen molar-refractivity contribution in [3.8, 4) is 16.9 Å². The Morgan fingerprint density at radius 2 is 1.90 bits per heavy atom. The van der Waals surface area contributed by atoms with Gasteiger partial charge in [0.25, 0.3) is 0 Å². The van der Waals surface area contributed by atoms with Crippen molar-refractivity contribution in [3.63, 3.8) is 0 Å². The molecule has 1 N–H and O–H groups in total. The third kappa shape index (κ3) is 3.00. The minimum atomic E-state index is -0.330. The van der Waals surface area contributed by atoms with Gasteiger partial charge in [0.2, 0.25) is 0 Å². The van der Waals surface area contributed by atoms with E-state index in [1.54, 1.807) is 12.1 Å². The fourth-order valence-corrected chi connectivity index (χ4v) is 4.83. The van der Waals surface area contributed by atoms with Gasteiger partial charge in [-0.25, -0.2) is 4.39 Å². The van der Waals surface area contributed by atoms with E-state index >= 15 is 0 Å². The molecular weight excluding hydrogens is 397 g/mol. The second kappa shape index (κ2) is 6.61. The molecule has 2 aliphatic rings. The number of nitrogens with one attached hydrogen (secondary N) is 1. The molecule has 0 aromatic heterocycles. The first-order valence-electron chi connectivity index (χ1n) is 10.1. The van der Waals surface area contributed by atoms with Gasteiger partial charge in [0.1, 0.15) is 11.6 Å². The Bertz CT molecular complexity index is 1210. The third-order valence-corrected chi connectivity index (χ3v) is 6.38. The highest BCUT2D eigenvalue weighted by atomic mass is 35.5. The Kier molecular flexibility index (Phi) is 4.23. The molecule has 0 saturated carbocycles. The van der Waals surface area contributed by atoms with Crippen molar-refractivity contribution in [3.05, 3.63) is 88.2 Å². The lowest BCUT2D eigenvalue weighted by atomic mass is 9.78. The Hall–Kier alpha value is -2.78. The molecule has 1 unspecified atom stereocenters. The van der Waals surface area contributed by atoms with Crippen molar-refractivity contribution in [1.82, 2.24) is 0 Å². The van der Waals surface area contributed by atoms with Gasteiger partial charge in [-0.05, 0) is 79.8 Å². The molecule has 3 aromatic carbocycles. The number of ether oxygens (including phenoxy) is 1. The minimum absolute atomic E-state index is 0.0792. The second-order valence-electron chi connectivity index (χ2n) is 8.89. The van der Waals surface area contributed by atoms with Gasteiger partial charge in [-0.3, -0.25) is 0 Å². The summed E-state index contributed by atoms with van der Waals surface area (Å²) < 4.78 is 20.6. The van der Waals surface area contributed by atoms with E-state index < -0.39 is 0 Å². The van der Waals surface area contributed by atoms with E-state index in [0.29, 0.717) is 5.75 Å². The van der Waals surface area contributed by atoms with E-state index in [0.717, 1.165) is 56.1 Å². The van der Waals surface area contributed by atoms with Crippen LogP contribution < -0.4 is 10.1 Å². The highest BCUT2D eigenvalue weighted by Crippen LogP contribution is 2.51. The van der Waals surface area contributed by atoms with Crippen molar-refractivity contribution in [2.45, 2.75) is 38.8 Å². The van der Waals surface area contributed by atoms with Crippen molar-refractivity contribution in [2.24, 2.45) is 0 Å². The number of fused-ring (bicyclic) bond motifs is 5. The molecule has 2 aliphatic heterocycles. The zero-order chi connectivity index (χ0) is 21.2. The maximum absolute atomic E-state index is 14.1. The SMILES string of the molecule is C=C1CC(C)(C)Nc2ccc3c(c21)C(c1ccc(Cl)c(C)c1)Oc1ccc(F)cc1-3. The molecular formula is C26H23ClFNO. The number of rotatable bonds is 1. The quantitative estimate of drug-likeness (QED) is 0.439. The summed E-state index contributed by atoms with van der Waals surface area (Å²) in [6.45, 7) is 10.7. The largest absolute Gasteiger partial charge is 0.480 e. The maximum Gasteiger partial charge on any atom is 0.150 e. The van der Waals surface area contributed by atoms with Crippen LogP contribution in [-0.4, -0.2) is 5.54 Å². The summed E-state index contributed by atoms with van der Waals surface area (Å²) in [5.74, 6) is 0.399. The first kappa shape index (κ1) is 19.2. The summed E-state index contributed by atoms with van der Waals surface area (Å²) in [5, 5.41) is 4.36. The second-order valence-corrected chi connectivity index (χ2v) is 9.29. The summed E-state index contributed by atoms with van der Waals surface area (Å²) in [6.07, 6.45) is 0.488. The van der Waals surface area contributed by atoms with Crippen LogP contribution in [0.1, 0.15) is 48.6 Å². The Morgan fingerprint density at radius 1 is 1.10 bits per heavy atom. The topological polar surface area (TPSA) is 21.3 Å². The Morgan fingerprint density at radius 3 is 2.67 bits per heavy atom. The minimum Gasteiger partial charge on any atom is -0.480 e. The molecule has 0 amide bonds. The average molecular weight is 420 g/mol. The average Bonchev–Trinajstić information content (AvgIpc) is 2.68. The first-order chi connectivity index (χ1) is 14.2. The molecule has 2 heterocycles. The predicted molar refractivity (Wildman–Crippen MR) is 122 cm³/mol. The Labute approximate surface area is 181 Å². The molecule has 0 radical (unpaired) electrons. The number of halogens is 2. The van der Waals surface area contributed by atoms with Crippen LogP contribution in [0, 0.1) is 12.7 Å². The zero-order valence-electron chi connectivity index (χ0n) is 17.3. The first-order valence-corrected chi connectivity index (χ1v) is 10.5. The number of aryl methyl sites for hydroxylation is 1. The molecule has 0 bridgehead atoms. The van der Waals surface area contributed by atoms with Crippen LogP contribution >= 0.6 is 11.6 Å². The van der Waals surface area contributed by atoms with Gasteiger partial charge in [-0.1, -0.05) is 36.4 Å². The zero-order valence-corrected chi connectivity index (χ0v) is 18.0. The third-order valence-electron chi connectivity index (χ3n) is 5.95. The molecule has 5 rings (SSSR count). The molecule has 1 atom stereocenters. The van der Waals surface area contributed by atoms with Gasteiger partial charge in [0.05, 0.1) is 0 Å². The van der Waals surface area contributed by atoms with Crippen molar-refractivity contribution >= 4 is 22.9 Å². The molecule has 2 nitrogen and oxygen atoms in total. The van der Waals surface area contributed by atoms with E-state index in [9.17, 15) is 4.39 Å². The van der Waals surface area contributed by atoms with Gasteiger partial charge in [0, 0.05) is 32.9 Å². The van der Waals surface area contributed by atoms with E-state index in [-0.39, 0.29) is 17.5 Å². The van der Waals surface area contributed by atoms with E-state index in [2.05, 4.69) is 43.9 Å². The van der Waals surface area contributed by atoms with E-state index in [4.69, 9.17) is 16.3 Å². The van der Waals surface area contributed by atoms with Crippen LogP contribution in [-0.2, 0) is 0 Å². The smallest absolute Gasteiger partial charge is 0.150 e. The number of hydrogen-bond donors (Lipinski definition) is 1. The van der Waals surface area contributed by atoms with Crippen LogP contribution in [0.4, 0.5) is 10.1 Å². The van der Waals surface area contributed by atoms with Gasteiger partial charge >= 0.3 is 0 Å². The lowest BCUT2D eigenvalue weighted by Crippen LogP contribution is -2.35. The van der Waals surface area contributed by atoms with Gasteiger partial charge in [-0.2, -0.15) is 0 Å². The van der Waals surface area contributed by atoms with Gasteiger partial charge < -0.3 is 10.1 Å². The number of anilines is 1. The summed E-state index contributed by atoms with van der Waals surface area (Å²) in [5.41, 5.74) is 7.87. The van der Waals surface area contributed by atoms with Crippen LogP contribution in [0.5, 0.6) is 5.75 Å².